The van der Waals surface area contributed by atoms with Crippen molar-refractivity contribution in [3.8, 4) is 0 Å². The summed E-state index contributed by atoms with van der Waals surface area (Å²) in [5.41, 5.74) is 5.04. The van der Waals surface area contributed by atoms with Crippen molar-refractivity contribution in [3.05, 3.63) is 99.4 Å². The molecule has 0 aliphatic carbocycles. The average Bonchev–Trinajstić information content (AvgIpc) is 2.80. The molecule has 8 nitrogen and oxygen atoms in total. The van der Waals surface area contributed by atoms with Crippen LogP contribution in [0.15, 0.2) is 82.7 Å². The number of hydrogen-bond acceptors (Lipinski definition) is 6. The van der Waals surface area contributed by atoms with E-state index in [0.717, 1.165) is 0 Å². The molecule has 9 heteroatoms. The summed E-state index contributed by atoms with van der Waals surface area (Å²) in [5, 5.41) is 18.6. The Balaban J connectivity index is 1.77. The summed E-state index contributed by atoms with van der Waals surface area (Å²) >= 11 is 6.02. The van der Waals surface area contributed by atoms with E-state index in [1.807, 2.05) is 18.2 Å². The van der Waals surface area contributed by atoms with Crippen molar-refractivity contribution >= 4 is 45.6 Å². The first-order valence-corrected chi connectivity index (χ1v) is 10.4. The van der Waals surface area contributed by atoms with Crippen molar-refractivity contribution in [2.24, 2.45) is 5.10 Å². The molecule has 4 aromatic rings. The van der Waals surface area contributed by atoms with Gasteiger partial charge < -0.3 is 15.4 Å². The minimum atomic E-state index is -1.27. The van der Waals surface area contributed by atoms with Crippen LogP contribution >= 0.6 is 11.6 Å². The number of anilines is 2. The van der Waals surface area contributed by atoms with E-state index in [0.29, 0.717) is 33.0 Å². The Labute approximate surface area is 194 Å². The molecule has 0 radical (unpaired) electrons. The number of H-pyrrole nitrogens is 1. The molecule has 3 aromatic carbocycles. The lowest BCUT2D eigenvalue weighted by Gasteiger charge is -2.15. The number of nitrogens with zero attached hydrogens (tertiary/aromatic N) is 2. The fourth-order valence-corrected chi connectivity index (χ4v) is 3.40. The number of fused-ring (bicyclic) bond motifs is 1. The SMILES string of the molecule is CC(=O)Nc1ccc([C@H](O)/C(=N/Nc2ccccc2)c2nc3ccc(Cl)cc3[nH]c2=O)cc1. The highest BCUT2D eigenvalue weighted by Gasteiger charge is 2.23. The molecule has 33 heavy (non-hydrogen) atoms. The zero-order chi connectivity index (χ0) is 23.4. The van der Waals surface area contributed by atoms with Crippen molar-refractivity contribution in [2.75, 3.05) is 10.7 Å². The van der Waals surface area contributed by atoms with Crippen LogP contribution in [0.3, 0.4) is 0 Å². The van der Waals surface area contributed by atoms with Gasteiger partial charge in [0.25, 0.3) is 5.56 Å². The van der Waals surface area contributed by atoms with E-state index in [9.17, 15) is 14.7 Å². The maximum atomic E-state index is 12.9. The van der Waals surface area contributed by atoms with E-state index < -0.39 is 11.7 Å². The molecule has 4 N–H and O–H groups in total. The number of para-hydroxylation sites is 1. The highest BCUT2D eigenvalue weighted by Crippen LogP contribution is 2.22. The Morgan fingerprint density at radius 1 is 1.06 bits per heavy atom. The normalized spacial score (nSPS) is 12.4. The lowest BCUT2D eigenvalue weighted by Crippen LogP contribution is -2.26. The summed E-state index contributed by atoms with van der Waals surface area (Å²) < 4.78 is 0. The van der Waals surface area contributed by atoms with Crippen LogP contribution < -0.4 is 16.3 Å². The number of hydrazone groups is 1. The van der Waals surface area contributed by atoms with Crippen molar-refractivity contribution in [1.82, 2.24) is 9.97 Å². The first kappa shape index (κ1) is 22.2. The van der Waals surface area contributed by atoms with Gasteiger partial charge in [0.05, 0.1) is 16.7 Å². The van der Waals surface area contributed by atoms with Crippen molar-refractivity contribution < 1.29 is 9.90 Å². The molecule has 0 saturated carbocycles. The Morgan fingerprint density at radius 2 is 1.79 bits per heavy atom. The Hall–Kier alpha value is -4.01. The molecular weight excluding hydrogens is 442 g/mol. The number of aromatic nitrogens is 2. The molecule has 1 aromatic heterocycles. The fourth-order valence-electron chi connectivity index (χ4n) is 3.22. The second-order valence-corrected chi connectivity index (χ2v) is 7.69. The first-order valence-electron chi connectivity index (χ1n) is 10.0. The highest BCUT2D eigenvalue weighted by atomic mass is 35.5. The number of hydrogen-bond donors (Lipinski definition) is 4. The number of carbonyl (C=O) groups is 1. The third-order valence-corrected chi connectivity index (χ3v) is 5.02. The highest BCUT2D eigenvalue weighted by molar-refractivity contribution is 6.31. The van der Waals surface area contributed by atoms with Crippen molar-refractivity contribution in [1.29, 1.82) is 0 Å². The van der Waals surface area contributed by atoms with E-state index in [4.69, 9.17) is 11.6 Å². The number of carbonyl (C=O) groups excluding carboxylic acids is 1. The topological polar surface area (TPSA) is 119 Å². The maximum absolute atomic E-state index is 12.9. The monoisotopic (exact) mass is 461 g/mol. The van der Waals surface area contributed by atoms with Gasteiger partial charge in [-0.05, 0) is 48.0 Å². The maximum Gasteiger partial charge on any atom is 0.276 e. The molecule has 1 amide bonds. The molecule has 0 aliphatic rings. The predicted octanol–water partition coefficient (Wildman–Crippen LogP) is 4.08. The molecule has 0 fully saturated rings. The summed E-state index contributed by atoms with van der Waals surface area (Å²) in [6.07, 6.45) is -1.27. The summed E-state index contributed by atoms with van der Waals surface area (Å²) in [6.45, 7) is 1.41. The van der Waals surface area contributed by atoms with Crippen LogP contribution in [0.1, 0.15) is 24.3 Å². The Bertz CT molecular complexity index is 1390. The first-order chi connectivity index (χ1) is 15.9. The van der Waals surface area contributed by atoms with Crippen molar-refractivity contribution in [2.45, 2.75) is 13.0 Å². The fraction of sp³-hybridized carbons (Fsp3) is 0.0833. The molecule has 1 heterocycles. The second-order valence-electron chi connectivity index (χ2n) is 7.26. The minimum Gasteiger partial charge on any atom is -0.382 e. The van der Waals surface area contributed by atoms with Gasteiger partial charge in [-0.25, -0.2) is 4.98 Å². The Kier molecular flexibility index (Phi) is 6.48. The van der Waals surface area contributed by atoms with Gasteiger partial charge in [-0.15, -0.1) is 0 Å². The van der Waals surface area contributed by atoms with Crippen LogP contribution in [0.25, 0.3) is 11.0 Å². The number of rotatable bonds is 6. The lowest BCUT2D eigenvalue weighted by atomic mass is 10.0. The van der Waals surface area contributed by atoms with E-state index in [1.165, 1.54) is 6.92 Å². The third-order valence-electron chi connectivity index (χ3n) is 4.78. The van der Waals surface area contributed by atoms with E-state index >= 15 is 0 Å². The molecule has 0 bridgehead atoms. The minimum absolute atomic E-state index is 0.0317. The molecule has 0 unspecified atom stereocenters. The molecule has 1 atom stereocenters. The number of aliphatic hydroxyl groups is 1. The lowest BCUT2D eigenvalue weighted by molar-refractivity contribution is -0.114. The van der Waals surface area contributed by atoms with Crippen LogP contribution in [0.2, 0.25) is 5.02 Å². The summed E-state index contributed by atoms with van der Waals surface area (Å²) in [6, 6.07) is 20.7. The van der Waals surface area contributed by atoms with Crippen LogP contribution in [0, 0.1) is 0 Å². The molecular formula is C24H20ClN5O3. The second kappa shape index (κ2) is 9.64. The van der Waals surface area contributed by atoms with Crippen LogP contribution in [-0.4, -0.2) is 26.7 Å². The number of amides is 1. The smallest absolute Gasteiger partial charge is 0.276 e. The number of aromatic amines is 1. The van der Waals surface area contributed by atoms with Gasteiger partial charge in [-0.1, -0.05) is 41.9 Å². The summed E-state index contributed by atoms with van der Waals surface area (Å²) in [5.74, 6) is -0.204. The Morgan fingerprint density at radius 3 is 2.48 bits per heavy atom. The molecule has 0 saturated heterocycles. The predicted molar refractivity (Wildman–Crippen MR) is 130 cm³/mol. The standard InChI is InChI=1S/C24H20ClN5O3/c1-14(31)26-17-10-7-15(8-11-17)23(32)21(30-29-18-5-3-2-4-6-18)22-24(33)28-20-13-16(25)9-12-19(20)27-22/h2-13,23,29,32H,1H3,(H,26,31)(H,28,33)/b30-21+/t23-/m0/s1. The zero-order valence-corrected chi connectivity index (χ0v) is 18.3. The van der Waals surface area contributed by atoms with Gasteiger partial charge in [0, 0.05) is 17.6 Å². The average molecular weight is 462 g/mol. The molecule has 4 rings (SSSR count). The van der Waals surface area contributed by atoms with Gasteiger partial charge in [0.2, 0.25) is 5.91 Å². The zero-order valence-electron chi connectivity index (χ0n) is 17.5. The number of halogens is 1. The van der Waals surface area contributed by atoms with Gasteiger partial charge in [0.15, 0.2) is 5.69 Å². The van der Waals surface area contributed by atoms with Gasteiger partial charge in [0.1, 0.15) is 11.8 Å². The molecule has 0 spiro atoms. The van der Waals surface area contributed by atoms with Gasteiger partial charge in [-0.3, -0.25) is 15.0 Å². The quantitative estimate of drug-likeness (QED) is 0.255. The summed E-state index contributed by atoms with van der Waals surface area (Å²) in [4.78, 5) is 31.3. The van der Waals surface area contributed by atoms with Crippen molar-refractivity contribution in [3.63, 3.8) is 0 Å². The van der Waals surface area contributed by atoms with E-state index in [-0.39, 0.29) is 17.3 Å². The number of aliphatic hydroxyl groups excluding tert-OH is 1. The van der Waals surface area contributed by atoms with Gasteiger partial charge >= 0.3 is 0 Å². The number of nitrogens with one attached hydrogen (secondary N) is 3. The van der Waals surface area contributed by atoms with E-state index in [1.54, 1.807) is 54.6 Å². The number of benzene rings is 3. The molecule has 0 aliphatic heterocycles. The largest absolute Gasteiger partial charge is 0.382 e. The van der Waals surface area contributed by atoms with Crippen LogP contribution in [0.5, 0.6) is 0 Å². The van der Waals surface area contributed by atoms with Gasteiger partial charge in [-0.2, -0.15) is 5.10 Å². The third kappa shape index (κ3) is 5.25. The van der Waals surface area contributed by atoms with E-state index in [2.05, 4.69) is 25.8 Å². The molecule has 166 valence electrons. The van der Waals surface area contributed by atoms with Crippen LogP contribution in [-0.2, 0) is 4.79 Å². The summed E-state index contributed by atoms with van der Waals surface area (Å²) in [7, 11) is 0. The van der Waals surface area contributed by atoms with Crippen LogP contribution in [0.4, 0.5) is 11.4 Å².